The van der Waals surface area contributed by atoms with Crippen LogP contribution in [0.1, 0.15) is 0 Å². The van der Waals surface area contributed by atoms with E-state index in [9.17, 15) is 0 Å². The van der Waals surface area contributed by atoms with Crippen LogP contribution in [0.15, 0.2) is 42.5 Å². The summed E-state index contributed by atoms with van der Waals surface area (Å²) in [6, 6.07) is 17.0. The van der Waals surface area contributed by atoms with Gasteiger partial charge in [0.1, 0.15) is 5.82 Å². The molecule has 0 amide bonds. The molecular weight excluding hydrogens is 184 g/mol. The van der Waals surface area contributed by atoms with Crippen molar-refractivity contribution in [3.8, 4) is 11.3 Å². The first-order chi connectivity index (χ1) is 7.27. The quantitative estimate of drug-likeness (QED) is 0.735. The van der Waals surface area contributed by atoms with Gasteiger partial charge in [-0.3, -0.25) is 0 Å². The van der Waals surface area contributed by atoms with Gasteiger partial charge in [-0.2, -0.15) is 0 Å². The minimum atomic E-state index is 0.927. The molecule has 75 valence electrons. The zero-order valence-corrected chi connectivity index (χ0v) is 8.94. The molecule has 0 atom stereocenters. The molecule has 0 aliphatic heterocycles. The van der Waals surface area contributed by atoms with Gasteiger partial charge in [-0.15, -0.1) is 0 Å². The van der Waals surface area contributed by atoms with Crippen molar-refractivity contribution in [1.82, 2.24) is 4.98 Å². The Morgan fingerprint density at radius 1 is 1.07 bits per heavy atom. The average molecular weight is 197 g/mol. The zero-order valence-electron chi connectivity index (χ0n) is 8.94. The number of pyridine rings is 1. The molecule has 0 saturated carbocycles. The van der Waals surface area contributed by atoms with Gasteiger partial charge in [-0.25, -0.2) is 4.98 Å². The second-order valence-corrected chi connectivity index (χ2v) is 3.57. The number of rotatable bonds is 2. The van der Waals surface area contributed by atoms with Crippen LogP contribution < -0.4 is 4.90 Å². The molecule has 0 N–H and O–H groups in total. The van der Waals surface area contributed by atoms with Crippen molar-refractivity contribution >= 4 is 5.82 Å². The fraction of sp³-hybridized carbons (Fsp3) is 0.154. The van der Waals surface area contributed by atoms with Gasteiger partial charge in [0.2, 0.25) is 0 Å². The van der Waals surface area contributed by atoms with Gasteiger partial charge in [0.15, 0.2) is 0 Å². The normalized spacial score (nSPS) is 10.0. The molecule has 1 heterocycles. The lowest BCUT2D eigenvalue weighted by Gasteiger charge is -2.11. The molecule has 0 bridgehead atoms. The Morgan fingerprint density at radius 3 is 2.47 bits per heavy atom. The maximum Gasteiger partial charge on any atom is 0.129 e. The van der Waals surface area contributed by atoms with Gasteiger partial charge in [-0.1, -0.05) is 30.3 Å². The first kappa shape index (κ1) is 9.71. The van der Waals surface area contributed by atoms with Crippen LogP contribution in [0.25, 0.3) is 11.3 Å². The third-order valence-electron chi connectivity index (χ3n) is 2.20. The minimum absolute atomic E-state index is 0.927. The molecule has 1 radical (unpaired) electrons. The van der Waals surface area contributed by atoms with Crippen molar-refractivity contribution in [1.29, 1.82) is 0 Å². The van der Waals surface area contributed by atoms with E-state index in [1.165, 1.54) is 0 Å². The van der Waals surface area contributed by atoms with E-state index in [0.717, 1.165) is 17.1 Å². The minimum Gasteiger partial charge on any atom is -0.363 e. The van der Waals surface area contributed by atoms with Crippen molar-refractivity contribution in [3.63, 3.8) is 0 Å². The first-order valence-corrected chi connectivity index (χ1v) is 4.88. The Kier molecular flexibility index (Phi) is 2.68. The molecule has 2 nitrogen and oxygen atoms in total. The second-order valence-electron chi connectivity index (χ2n) is 3.57. The summed E-state index contributed by atoms with van der Waals surface area (Å²) < 4.78 is 0. The van der Waals surface area contributed by atoms with E-state index in [-0.39, 0.29) is 0 Å². The Bertz CT molecular complexity index is 435. The first-order valence-electron chi connectivity index (χ1n) is 4.88. The summed E-state index contributed by atoms with van der Waals surface area (Å²) in [4.78, 5) is 6.51. The Balaban J connectivity index is 2.42. The number of benzene rings is 1. The molecule has 15 heavy (non-hydrogen) atoms. The fourth-order valence-corrected chi connectivity index (χ4v) is 1.37. The number of nitrogens with zero attached hydrogens (tertiary/aromatic N) is 2. The summed E-state index contributed by atoms with van der Waals surface area (Å²) in [5, 5.41) is 0. The van der Waals surface area contributed by atoms with Gasteiger partial charge in [0, 0.05) is 19.7 Å². The van der Waals surface area contributed by atoms with Crippen LogP contribution in [-0.2, 0) is 0 Å². The lowest BCUT2D eigenvalue weighted by Crippen LogP contribution is -2.10. The third kappa shape index (κ3) is 2.15. The predicted molar refractivity (Wildman–Crippen MR) is 62.8 cm³/mol. The maximum absolute atomic E-state index is 4.54. The standard InChI is InChI=1S/C13H13N2/c1-15(2)13-10-6-9-12(14-13)11-7-4-3-5-8-11/h3-5,7-10H,1-2H3. The molecular formula is C13H13N2. The van der Waals surface area contributed by atoms with Gasteiger partial charge in [0.25, 0.3) is 0 Å². The highest BCUT2D eigenvalue weighted by Crippen LogP contribution is 2.18. The summed E-state index contributed by atoms with van der Waals surface area (Å²) in [5.41, 5.74) is 2.08. The molecule has 1 aromatic carbocycles. The van der Waals surface area contributed by atoms with Crippen molar-refractivity contribution in [3.05, 3.63) is 48.5 Å². The molecule has 0 aliphatic carbocycles. The topological polar surface area (TPSA) is 16.1 Å². The van der Waals surface area contributed by atoms with Crippen molar-refractivity contribution < 1.29 is 0 Å². The molecule has 0 unspecified atom stereocenters. The van der Waals surface area contributed by atoms with Gasteiger partial charge in [-0.05, 0) is 18.2 Å². The SMILES string of the molecule is CN(C)c1c[c]cc(-c2ccccc2)n1. The smallest absolute Gasteiger partial charge is 0.129 e. The summed E-state index contributed by atoms with van der Waals surface area (Å²) in [6.07, 6.45) is 0. The van der Waals surface area contributed by atoms with E-state index in [4.69, 9.17) is 0 Å². The zero-order chi connectivity index (χ0) is 10.7. The predicted octanol–water partition coefficient (Wildman–Crippen LogP) is 2.61. The van der Waals surface area contributed by atoms with Crippen LogP contribution in [0.3, 0.4) is 0 Å². The van der Waals surface area contributed by atoms with E-state index in [0.29, 0.717) is 0 Å². The van der Waals surface area contributed by atoms with E-state index < -0.39 is 0 Å². The number of anilines is 1. The molecule has 2 rings (SSSR count). The van der Waals surface area contributed by atoms with Crippen molar-refractivity contribution in [2.24, 2.45) is 0 Å². The Hall–Kier alpha value is -1.83. The second kappa shape index (κ2) is 4.13. The summed E-state index contributed by atoms with van der Waals surface area (Å²) in [6.45, 7) is 0. The maximum atomic E-state index is 4.54. The van der Waals surface area contributed by atoms with Crippen LogP contribution in [0, 0.1) is 6.07 Å². The van der Waals surface area contributed by atoms with E-state index >= 15 is 0 Å². The molecule has 2 heteroatoms. The molecule has 0 spiro atoms. The molecule has 0 saturated heterocycles. The summed E-state index contributed by atoms with van der Waals surface area (Å²) in [7, 11) is 3.95. The van der Waals surface area contributed by atoms with E-state index in [1.54, 1.807) is 0 Å². The highest BCUT2D eigenvalue weighted by atomic mass is 15.1. The number of aromatic nitrogens is 1. The Morgan fingerprint density at radius 2 is 1.80 bits per heavy atom. The lowest BCUT2D eigenvalue weighted by atomic mass is 10.1. The van der Waals surface area contributed by atoms with Crippen molar-refractivity contribution in [2.45, 2.75) is 0 Å². The van der Waals surface area contributed by atoms with Gasteiger partial charge >= 0.3 is 0 Å². The van der Waals surface area contributed by atoms with Crippen LogP contribution >= 0.6 is 0 Å². The monoisotopic (exact) mass is 197 g/mol. The summed E-state index contributed by atoms with van der Waals surface area (Å²) >= 11 is 0. The molecule has 2 aromatic rings. The Labute approximate surface area is 90.2 Å². The summed E-state index contributed by atoms with van der Waals surface area (Å²) in [5.74, 6) is 0.927. The number of hydrogen-bond acceptors (Lipinski definition) is 2. The van der Waals surface area contributed by atoms with Crippen LogP contribution in [0.2, 0.25) is 0 Å². The van der Waals surface area contributed by atoms with Crippen LogP contribution in [0.5, 0.6) is 0 Å². The van der Waals surface area contributed by atoms with Gasteiger partial charge in [0.05, 0.1) is 5.69 Å². The third-order valence-corrected chi connectivity index (χ3v) is 2.20. The largest absolute Gasteiger partial charge is 0.363 e. The van der Waals surface area contributed by atoms with Crippen LogP contribution in [0.4, 0.5) is 5.82 Å². The lowest BCUT2D eigenvalue weighted by molar-refractivity contribution is 1.07. The highest BCUT2D eigenvalue weighted by molar-refractivity contribution is 5.60. The fourth-order valence-electron chi connectivity index (χ4n) is 1.37. The van der Waals surface area contributed by atoms with E-state index in [1.807, 2.05) is 49.3 Å². The van der Waals surface area contributed by atoms with E-state index in [2.05, 4.69) is 23.2 Å². The molecule has 0 fully saturated rings. The number of hydrogen-bond donors (Lipinski definition) is 0. The van der Waals surface area contributed by atoms with Crippen LogP contribution in [-0.4, -0.2) is 19.1 Å². The van der Waals surface area contributed by atoms with Gasteiger partial charge < -0.3 is 4.90 Å². The highest BCUT2D eigenvalue weighted by Gasteiger charge is 2.01. The molecule has 0 aliphatic rings. The molecule has 1 aromatic heterocycles. The van der Waals surface area contributed by atoms with Crippen molar-refractivity contribution in [2.75, 3.05) is 19.0 Å². The average Bonchev–Trinajstić information content (AvgIpc) is 2.30.